The minimum atomic E-state index is -0.532. The molecule has 0 amide bonds. The van der Waals surface area contributed by atoms with Crippen LogP contribution in [0.4, 0.5) is 0 Å². The third kappa shape index (κ3) is 1.10. The van der Waals surface area contributed by atoms with Crippen molar-refractivity contribution in [1.29, 1.82) is 0 Å². The Kier molecular flexibility index (Phi) is 1.55. The van der Waals surface area contributed by atoms with Crippen molar-refractivity contribution >= 4 is 6.29 Å². The van der Waals surface area contributed by atoms with Gasteiger partial charge in [0.15, 0.2) is 5.79 Å². The Hall–Kier alpha value is -0.670. The normalized spacial score (nSPS) is 27.5. The van der Waals surface area contributed by atoms with E-state index in [2.05, 4.69) is 0 Å². The summed E-state index contributed by atoms with van der Waals surface area (Å²) in [4.78, 5) is 10.4. The molecule has 0 unspecified atom stereocenters. The van der Waals surface area contributed by atoms with Crippen LogP contribution in [0.5, 0.6) is 0 Å². The van der Waals surface area contributed by atoms with Crippen LogP contribution in [-0.4, -0.2) is 25.3 Å². The van der Waals surface area contributed by atoms with Gasteiger partial charge in [0.1, 0.15) is 6.29 Å². The fraction of sp³-hybridized carbons (Fsp3) is 0.625. The molecule has 1 aliphatic heterocycles. The van der Waals surface area contributed by atoms with Gasteiger partial charge in [-0.1, -0.05) is 0 Å². The Morgan fingerprint density at radius 1 is 1.45 bits per heavy atom. The number of carbonyl (C=O) groups is 1. The summed E-state index contributed by atoms with van der Waals surface area (Å²) in [5, 5.41) is 0. The highest BCUT2D eigenvalue weighted by atomic mass is 16.7. The van der Waals surface area contributed by atoms with E-state index in [1.54, 1.807) is 6.08 Å². The highest BCUT2D eigenvalue weighted by Gasteiger charge is 2.38. The molecule has 2 aliphatic rings. The molecule has 1 saturated heterocycles. The monoisotopic (exact) mass is 154 g/mol. The van der Waals surface area contributed by atoms with Crippen LogP contribution in [0.1, 0.15) is 12.8 Å². The fourth-order valence-electron chi connectivity index (χ4n) is 1.54. The summed E-state index contributed by atoms with van der Waals surface area (Å²) in [5.74, 6) is -0.532. The van der Waals surface area contributed by atoms with Crippen LogP contribution in [0.15, 0.2) is 11.6 Å². The molecule has 1 fully saturated rings. The molecule has 0 saturated carbocycles. The molecular formula is C8H10O3. The van der Waals surface area contributed by atoms with Crippen LogP contribution in [0.3, 0.4) is 0 Å². The zero-order valence-corrected chi connectivity index (χ0v) is 6.21. The summed E-state index contributed by atoms with van der Waals surface area (Å²) in [5.41, 5.74) is 0.798. The summed E-state index contributed by atoms with van der Waals surface area (Å²) in [6.45, 7) is 1.28. The quantitative estimate of drug-likeness (QED) is 0.520. The van der Waals surface area contributed by atoms with Crippen LogP contribution in [0.25, 0.3) is 0 Å². The molecular weight excluding hydrogens is 144 g/mol. The Bertz CT molecular complexity index is 201. The molecule has 3 heteroatoms. The SMILES string of the molecule is O=CC1=CC2(CC1)OCCO2. The van der Waals surface area contributed by atoms with Gasteiger partial charge in [-0.2, -0.15) is 0 Å². The van der Waals surface area contributed by atoms with Gasteiger partial charge >= 0.3 is 0 Å². The standard InChI is InChI=1S/C8H10O3/c9-6-7-1-2-8(5-7)10-3-4-11-8/h5-6H,1-4H2. The maximum absolute atomic E-state index is 10.4. The minimum Gasteiger partial charge on any atom is -0.344 e. The number of ether oxygens (including phenoxy) is 2. The smallest absolute Gasteiger partial charge is 0.188 e. The lowest BCUT2D eigenvalue weighted by molar-refractivity contribution is -0.114. The first-order valence-corrected chi connectivity index (χ1v) is 3.79. The molecule has 0 radical (unpaired) electrons. The second kappa shape index (κ2) is 2.43. The van der Waals surface area contributed by atoms with Gasteiger partial charge in [-0.05, 0) is 18.1 Å². The zero-order chi connectivity index (χ0) is 7.73. The average Bonchev–Trinajstić information content (AvgIpc) is 2.62. The fourth-order valence-corrected chi connectivity index (χ4v) is 1.54. The van der Waals surface area contributed by atoms with Gasteiger partial charge in [-0.25, -0.2) is 0 Å². The van der Waals surface area contributed by atoms with E-state index in [0.717, 1.165) is 24.7 Å². The Morgan fingerprint density at radius 2 is 2.18 bits per heavy atom. The Labute approximate surface area is 65.0 Å². The summed E-state index contributed by atoms with van der Waals surface area (Å²) in [6.07, 6.45) is 4.25. The molecule has 11 heavy (non-hydrogen) atoms. The van der Waals surface area contributed by atoms with E-state index in [9.17, 15) is 4.79 Å². The predicted octanol–water partition coefficient (Wildman–Crippen LogP) is 0.649. The van der Waals surface area contributed by atoms with E-state index in [0.29, 0.717) is 13.2 Å². The zero-order valence-electron chi connectivity index (χ0n) is 6.21. The van der Waals surface area contributed by atoms with Crippen molar-refractivity contribution in [2.75, 3.05) is 13.2 Å². The van der Waals surface area contributed by atoms with Crippen LogP contribution >= 0.6 is 0 Å². The largest absolute Gasteiger partial charge is 0.344 e. The van der Waals surface area contributed by atoms with Crippen LogP contribution in [-0.2, 0) is 14.3 Å². The second-order valence-electron chi connectivity index (χ2n) is 2.85. The number of aldehydes is 1. The first-order chi connectivity index (χ1) is 5.35. The van der Waals surface area contributed by atoms with E-state index >= 15 is 0 Å². The van der Waals surface area contributed by atoms with Crippen molar-refractivity contribution in [2.24, 2.45) is 0 Å². The number of hydrogen-bond acceptors (Lipinski definition) is 3. The average molecular weight is 154 g/mol. The van der Waals surface area contributed by atoms with Crippen LogP contribution in [0.2, 0.25) is 0 Å². The highest BCUT2D eigenvalue weighted by molar-refractivity contribution is 5.74. The molecule has 0 bridgehead atoms. The molecule has 0 N–H and O–H groups in total. The van der Waals surface area contributed by atoms with E-state index in [4.69, 9.17) is 9.47 Å². The van der Waals surface area contributed by atoms with E-state index in [1.807, 2.05) is 0 Å². The maximum atomic E-state index is 10.4. The van der Waals surface area contributed by atoms with E-state index in [-0.39, 0.29) is 0 Å². The summed E-state index contributed by atoms with van der Waals surface area (Å²) < 4.78 is 10.8. The van der Waals surface area contributed by atoms with E-state index < -0.39 is 5.79 Å². The first-order valence-electron chi connectivity index (χ1n) is 3.79. The van der Waals surface area contributed by atoms with Gasteiger partial charge in [-0.15, -0.1) is 0 Å². The molecule has 60 valence electrons. The molecule has 1 aliphatic carbocycles. The van der Waals surface area contributed by atoms with Crippen molar-refractivity contribution in [3.8, 4) is 0 Å². The molecule has 0 aromatic carbocycles. The van der Waals surface area contributed by atoms with Crippen LogP contribution in [0, 0.1) is 0 Å². The van der Waals surface area contributed by atoms with Gasteiger partial charge in [-0.3, -0.25) is 4.79 Å². The van der Waals surface area contributed by atoms with Crippen LogP contribution < -0.4 is 0 Å². The molecule has 0 aromatic heterocycles. The van der Waals surface area contributed by atoms with Crippen molar-refractivity contribution in [2.45, 2.75) is 18.6 Å². The molecule has 3 nitrogen and oxygen atoms in total. The predicted molar refractivity (Wildman–Crippen MR) is 38.0 cm³/mol. The third-order valence-corrected chi connectivity index (χ3v) is 2.09. The van der Waals surface area contributed by atoms with E-state index in [1.165, 1.54) is 0 Å². The molecule has 2 rings (SSSR count). The van der Waals surface area contributed by atoms with Crippen molar-refractivity contribution in [1.82, 2.24) is 0 Å². The van der Waals surface area contributed by atoms with Gasteiger partial charge in [0, 0.05) is 6.42 Å². The molecule has 1 heterocycles. The third-order valence-electron chi connectivity index (χ3n) is 2.09. The second-order valence-corrected chi connectivity index (χ2v) is 2.85. The summed E-state index contributed by atoms with van der Waals surface area (Å²) in [7, 11) is 0. The van der Waals surface area contributed by atoms with Gasteiger partial charge in [0.25, 0.3) is 0 Å². The first kappa shape index (κ1) is 7.00. The molecule has 0 aromatic rings. The number of hydrogen-bond donors (Lipinski definition) is 0. The Morgan fingerprint density at radius 3 is 2.73 bits per heavy atom. The van der Waals surface area contributed by atoms with Gasteiger partial charge in [0.05, 0.1) is 13.2 Å². The van der Waals surface area contributed by atoms with Gasteiger partial charge < -0.3 is 9.47 Å². The van der Waals surface area contributed by atoms with Gasteiger partial charge in [0.2, 0.25) is 0 Å². The summed E-state index contributed by atoms with van der Waals surface area (Å²) >= 11 is 0. The minimum absolute atomic E-state index is 0.532. The van der Waals surface area contributed by atoms with Crippen molar-refractivity contribution < 1.29 is 14.3 Å². The lowest BCUT2D eigenvalue weighted by atomic mass is 10.2. The topological polar surface area (TPSA) is 35.5 Å². The number of rotatable bonds is 1. The molecule has 1 spiro atoms. The number of carbonyl (C=O) groups excluding carboxylic acids is 1. The van der Waals surface area contributed by atoms with Crippen molar-refractivity contribution in [3.05, 3.63) is 11.6 Å². The highest BCUT2D eigenvalue weighted by Crippen LogP contribution is 2.34. The number of allylic oxidation sites excluding steroid dienone is 1. The lowest BCUT2D eigenvalue weighted by Gasteiger charge is -2.17. The maximum Gasteiger partial charge on any atom is 0.188 e. The molecule has 0 atom stereocenters. The Balaban J connectivity index is 2.17. The summed E-state index contributed by atoms with van der Waals surface area (Å²) in [6, 6.07) is 0. The lowest BCUT2D eigenvalue weighted by Crippen LogP contribution is -2.23. The van der Waals surface area contributed by atoms with Crippen molar-refractivity contribution in [3.63, 3.8) is 0 Å².